The Morgan fingerprint density at radius 1 is 1.14 bits per heavy atom. The first-order valence-electron chi connectivity index (χ1n) is 6.77. The second-order valence-corrected chi connectivity index (χ2v) is 4.55. The summed E-state index contributed by atoms with van der Waals surface area (Å²) >= 11 is 0. The normalized spacial score (nSPS) is 10.5. The Morgan fingerprint density at radius 2 is 2.00 bits per heavy atom. The Labute approximate surface area is 122 Å². The van der Waals surface area contributed by atoms with Gasteiger partial charge in [-0.1, -0.05) is 12.1 Å². The number of hydrogen-bond acceptors (Lipinski definition) is 5. The largest absolute Gasteiger partial charge is 0.492 e. The van der Waals surface area contributed by atoms with Crippen LogP contribution in [0.15, 0.2) is 48.8 Å². The summed E-state index contributed by atoms with van der Waals surface area (Å²) in [5.41, 5.74) is 8.15. The zero-order valence-electron chi connectivity index (χ0n) is 11.7. The number of benzene rings is 2. The number of hydrogen-bond donors (Lipinski definition) is 2. The lowest BCUT2D eigenvalue weighted by Gasteiger charge is -2.12. The molecule has 0 aliphatic carbocycles. The van der Waals surface area contributed by atoms with Gasteiger partial charge in [-0.05, 0) is 37.3 Å². The SMILES string of the molecule is CCOc1ccccc1Nc1ncnc2cc(N)ccc12. The maximum atomic E-state index is 5.79. The van der Waals surface area contributed by atoms with Gasteiger partial charge in [0, 0.05) is 11.1 Å². The number of anilines is 3. The number of aromatic nitrogens is 2. The molecular formula is C16H16N4O. The van der Waals surface area contributed by atoms with Crippen molar-refractivity contribution in [3.8, 4) is 5.75 Å². The summed E-state index contributed by atoms with van der Waals surface area (Å²) in [6.45, 7) is 2.57. The minimum Gasteiger partial charge on any atom is -0.492 e. The highest BCUT2D eigenvalue weighted by molar-refractivity contribution is 5.92. The van der Waals surface area contributed by atoms with E-state index in [2.05, 4.69) is 15.3 Å². The third-order valence-electron chi connectivity index (χ3n) is 3.10. The highest BCUT2D eigenvalue weighted by Gasteiger charge is 2.07. The molecule has 21 heavy (non-hydrogen) atoms. The van der Waals surface area contributed by atoms with Crippen LogP contribution in [0, 0.1) is 0 Å². The van der Waals surface area contributed by atoms with E-state index in [1.165, 1.54) is 6.33 Å². The molecule has 5 nitrogen and oxygen atoms in total. The minimum absolute atomic E-state index is 0.611. The van der Waals surface area contributed by atoms with Gasteiger partial charge in [0.1, 0.15) is 17.9 Å². The highest BCUT2D eigenvalue weighted by Crippen LogP contribution is 2.29. The fraction of sp³-hybridized carbons (Fsp3) is 0.125. The Morgan fingerprint density at radius 3 is 2.86 bits per heavy atom. The van der Waals surface area contributed by atoms with Gasteiger partial charge >= 0.3 is 0 Å². The summed E-state index contributed by atoms with van der Waals surface area (Å²) in [7, 11) is 0. The molecule has 0 spiro atoms. The number of nitrogen functional groups attached to an aromatic ring is 1. The van der Waals surface area contributed by atoms with Gasteiger partial charge in [-0.25, -0.2) is 9.97 Å². The molecule has 1 heterocycles. The average Bonchev–Trinajstić information content (AvgIpc) is 2.49. The fourth-order valence-electron chi connectivity index (χ4n) is 2.15. The van der Waals surface area contributed by atoms with Crippen LogP contribution in [0.2, 0.25) is 0 Å². The van der Waals surface area contributed by atoms with E-state index in [4.69, 9.17) is 10.5 Å². The summed E-state index contributed by atoms with van der Waals surface area (Å²) in [5.74, 6) is 1.52. The third-order valence-corrected chi connectivity index (χ3v) is 3.10. The molecular weight excluding hydrogens is 264 g/mol. The fourth-order valence-corrected chi connectivity index (χ4v) is 2.15. The molecule has 5 heteroatoms. The van der Waals surface area contributed by atoms with Crippen molar-refractivity contribution >= 4 is 28.1 Å². The van der Waals surface area contributed by atoms with Crippen LogP contribution in [0.1, 0.15) is 6.92 Å². The number of nitrogens with zero attached hydrogens (tertiary/aromatic N) is 2. The van der Waals surface area contributed by atoms with Gasteiger partial charge in [-0.2, -0.15) is 0 Å². The second kappa shape index (κ2) is 5.66. The van der Waals surface area contributed by atoms with Crippen LogP contribution in [-0.4, -0.2) is 16.6 Å². The van der Waals surface area contributed by atoms with E-state index in [1.54, 1.807) is 0 Å². The van der Waals surface area contributed by atoms with Crippen LogP contribution in [0.4, 0.5) is 17.2 Å². The van der Waals surface area contributed by atoms with E-state index >= 15 is 0 Å². The lowest BCUT2D eigenvalue weighted by Crippen LogP contribution is -2.00. The van der Waals surface area contributed by atoms with Gasteiger partial charge in [0.05, 0.1) is 17.8 Å². The van der Waals surface area contributed by atoms with Gasteiger partial charge in [-0.15, -0.1) is 0 Å². The van der Waals surface area contributed by atoms with Crippen molar-refractivity contribution in [2.75, 3.05) is 17.7 Å². The molecule has 0 saturated carbocycles. The number of fused-ring (bicyclic) bond motifs is 1. The second-order valence-electron chi connectivity index (χ2n) is 4.55. The lowest BCUT2D eigenvalue weighted by atomic mass is 10.2. The standard InChI is InChI=1S/C16H16N4O/c1-2-21-15-6-4-3-5-13(15)20-16-12-8-7-11(17)9-14(12)18-10-19-16/h3-10H,2,17H2,1H3,(H,18,19,20). The average molecular weight is 280 g/mol. The molecule has 1 aromatic heterocycles. The maximum Gasteiger partial charge on any atom is 0.142 e. The third kappa shape index (κ3) is 2.72. The van der Waals surface area contributed by atoms with Crippen LogP contribution < -0.4 is 15.8 Å². The monoisotopic (exact) mass is 280 g/mol. The number of nitrogens with two attached hydrogens (primary N) is 1. The number of ether oxygens (including phenoxy) is 1. The summed E-state index contributed by atoms with van der Waals surface area (Å²) in [6, 6.07) is 13.4. The molecule has 3 rings (SSSR count). The first kappa shape index (κ1) is 13.2. The molecule has 0 bridgehead atoms. The molecule has 3 N–H and O–H groups in total. The first-order chi connectivity index (χ1) is 10.3. The number of rotatable bonds is 4. The van der Waals surface area contributed by atoms with Gasteiger partial charge < -0.3 is 15.8 Å². The summed E-state index contributed by atoms with van der Waals surface area (Å²) in [5, 5.41) is 4.22. The van der Waals surface area contributed by atoms with Crippen molar-refractivity contribution in [1.82, 2.24) is 9.97 Å². The summed E-state index contributed by atoms with van der Waals surface area (Å²) < 4.78 is 5.61. The van der Waals surface area contributed by atoms with Crippen molar-refractivity contribution in [2.24, 2.45) is 0 Å². The molecule has 0 aliphatic rings. The van der Waals surface area contributed by atoms with E-state index in [0.717, 1.165) is 28.2 Å². The van der Waals surface area contributed by atoms with Crippen LogP contribution in [0.25, 0.3) is 10.9 Å². The zero-order valence-corrected chi connectivity index (χ0v) is 11.7. The Bertz CT molecular complexity index is 773. The van der Waals surface area contributed by atoms with E-state index in [-0.39, 0.29) is 0 Å². The Balaban J connectivity index is 2.02. The quantitative estimate of drug-likeness (QED) is 0.717. The molecule has 0 atom stereocenters. The number of nitrogens with one attached hydrogen (secondary N) is 1. The summed E-state index contributed by atoms with van der Waals surface area (Å²) in [6.07, 6.45) is 1.52. The van der Waals surface area contributed by atoms with Gasteiger partial charge in [0.15, 0.2) is 0 Å². The summed E-state index contributed by atoms with van der Waals surface area (Å²) in [4.78, 5) is 8.56. The van der Waals surface area contributed by atoms with E-state index in [1.807, 2.05) is 49.4 Å². The first-order valence-corrected chi connectivity index (χ1v) is 6.77. The minimum atomic E-state index is 0.611. The van der Waals surface area contributed by atoms with Gasteiger partial charge in [0.2, 0.25) is 0 Å². The maximum absolute atomic E-state index is 5.79. The van der Waals surface area contributed by atoms with E-state index in [0.29, 0.717) is 12.3 Å². The van der Waals surface area contributed by atoms with Crippen LogP contribution >= 0.6 is 0 Å². The molecule has 106 valence electrons. The van der Waals surface area contributed by atoms with Crippen molar-refractivity contribution in [2.45, 2.75) is 6.92 Å². The van der Waals surface area contributed by atoms with E-state index in [9.17, 15) is 0 Å². The van der Waals surface area contributed by atoms with Gasteiger partial charge in [0.25, 0.3) is 0 Å². The molecule has 0 amide bonds. The molecule has 0 saturated heterocycles. The molecule has 3 aromatic rings. The van der Waals surface area contributed by atoms with Crippen LogP contribution in [0.5, 0.6) is 5.75 Å². The topological polar surface area (TPSA) is 73.1 Å². The molecule has 0 radical (unpaired) electrons. The van der Waals surface area contributed by atoms with Crippen molar-refractivity contribution in [3.05, 3.63) is 48.8 Å². The molecule has 0 aliphatic heterocycles. The molecule has 2 aromatic carbocycles. The zero-order chi connectivity index (χ0) is 14.7. The van der Waals surface area contributed by atoms with E-state index < -0.39 is 0 Å². The van der Waals surface area contributed by atoms with Crippen molar-refractivity contribution < 1.29 is 4.74 Å². The highest BCUT2D eigenvalue weighted by atomic mass is 16.5. The number of para-hydroxylation sites is 2. The van der Waals surface area contributed by atoms with Crippen LogP contribution in [-0.2, 0) is 0 Å². The van der Waals surface area contributed by atoms with Crippen molar-refractivity contribution in [1.29, 1.82) is 0 Å². The Kier molecular flexibility index (Phi) is 3.55. The predicted octanol–water partition coefficient (Wildman–Crippen LogP) is 3.35. The van der Waals surface area contributed by atoms with Gasteiger partial charge in [-0.3, -0.25) is 0 Å². The smallest absolute Gasteiger partial charge is 0.142 e. The molecule has 0 unspecified atom stereocenters. The van der Waals surface area contributed by atoms with Crippen molar-refractivity contribution in [3.63, 3.8) is 0 Å². The Hall–Kier alpha value is -2.82. The predicted molar refractivity (Wildman–Crippen MR) is 84.8 cm³/mol. The molecule has 0 fully saturated rings. The lowest BCUT2D eigenvalue weighted by molar-refractivity contribution is 0.342. The van der Waals surface area contributed by atoms with Crippen LogP contribution in [0.3, 0.4) is 0 Å².